The predicted molar refractivity (Wildman–Crippen MR) is 120 cm³/mol. The van der Waals surface area contributed by atoms with Crippen LogP contribution < -0.4 is 0 Å². The zero-order valence-electron chi connectivity index (χ0n) is 19.6. The first-order valence-corrected chi connectivity index (χ1v) is 12.5. The van der Waals surface area contributed by atoms with Crippen LogP contribution in [-0.2, 0) is 14.2 Å². The molecule has 0 aliphatic heterocycles. The van der Waals surface area contributed by atoms with Gasteiger partial charge in [0.05, 0.1) is 0 Å². The Morgan fingerprint density at radius 1 is 0.433 bits per heavy atom. The number of hydrogen-bond donors (Lipinski definition) is 3. The van der Waals surface area contributed by atoms with Gasteiger partial charge in [-0.1, -0.05) is 78.6 Å². The average molecular weight is 433 g/mol. The standard InChI is InChI=1S/C24H48O6/c1-4-7-10-13-16-28-22-20(26)19(25)21(27)23(29-17-14-11-8-5-2)24(22)30-18-15-12-9-6-3/h19-27H,4-18H2,1-3H3/t19?,20-,21-,22-,23+,24?/m1/s1. The first-order valence-electron chi connectivity index (χ1n) is 12.5. The van der Waals surface area contributed by atoms with E-state index in [9.17, 15) is 15.3 Å². The highest BCUT2D eigenvalue weighted by molar-refractivity contribution is 5.01. The van der Waals surface area contributed by atoms with Crippen LogP contribution in [0.5, 0.6) is 0 Å². The predicted octanol–water partition coefficient (Wildman–Crippen LogP) is 3.98. The van der Waals surface area contributed by atoms with E-state index in [2.05, 4.69) is 20.8 Å². The minimum Gasteiger partial charge on any atom is -0.387 e. The van der Waals surface area contributed by atoms with Crippen LogP contribution in [0.25, 0.3) is 0 Å². The molecule has 1 saturated carbocycles. The monoisotopic (exact) mass is 432 g/mol. The first-order chi connectivity index (χ1) is 14.6. The van der Waals surface area contributed by atoms with Crippen molar-refractivity contribution in [1.82, 2.24) is 0 Å². The van der Waals surface area contributed by atoms with Crippen molar-refractivity contribution in [3.63, 3.8) is 0 Å². The Bertz CT molecular complexity index is 366. The van der Waals surface area contributed by atoms with E-state index >= 15 is 0 Å². The maximum absolute atomic E-state index is 10.6. The highest BCUT2D eigenvalue weighted by Gasteiger charge is 2.51. The molecule has 0 amide bonds. The lowest BCUT2D eigenvalue weighted by Gasteiger charge is -2.45. The molecule has 0 aromatic heterocycles. The number of rotatable bonds is 18. The largest absolute Gasteiger partial charge is 0.387 e. The van der Waals surface area contributed by atoms with Gasteiger partial charge in [-0.15, -0.1) is 0 Å². The van der Waals surface area contributed by atoms with Gasteiger partial charge in [0.25, 0.3) is 0 Å². The van der Waals surface area contributed by atoms with E-state index in [1.54, 1.807) is 0 Å². The molecule has 0 spiro atoms. The molecule has 0 aromatic carbocycles. The zero-order valence-corrected chi connectivity index (χ0v) is 19.6. The average Bonchev–Trinajstić information content (AvgIpc) is 2.75. The van der Waals surface area contributed by atoms with Crippen molar-refractivity contribution in [2.45, 2.75) is 134 Å². The molecule has 1 aliphatic rings. The minimum atomic E-state index is -1.30. The summed E-state index contributed by atoms with van der Waals surface area (Å²) in [6, 6.07) is 0. The van der Waals surface area contributed by atoms with E-state index in [4.69, 9.17) is 14.2 Å². The Hall–Kier alpha value is -0.240. The quantitative estimate of drug-likeness (QED) is 0.284. The number of ether oxygens (including phenoxy) is 3. The van der Waals surface area contributed by atoms with Crippen LogP contribution in [0.1, 0.15) is 97.8 Å². The molecule has 30 heavy (non-hydrogen) atoms. The van der Waals surface area contributed by atoms with Crippen molar-refractivity contribution < 1.29 is 29.5 Å². The van der Waals surface area contributed by atoms with Gasteiger partial charge in [-0.05, 0) is 19.3 Å². The second-order valence-electron chi connectivity index (χ2n) is 8.66. The van der Waals surface area contributed by atoms with Gasteiger partial charge in [0.15, 0.2) is 0 Å². The third-order valence-electron chi connectivity index (χ3n) is 5.95. The van der Waals surface area contributed by atoms with E-state index < -0.39 is 36.6 Å². The molecule has 6 heteroatoms. The Morgan fingerprint density at radius 2 is 0.767 bits per heavy atom. The molecule has 0 bridgehead atoms. The molecule has 2 unspecified atom stereocenters. The van der Waals surface area contributed by atoms with Gasteiger partial charge in [-0.3, -0.25) is 0 Å². The van der Waals surface area contributed by atoms with E-state index in [1.165, 1.54) is 0 Å². The van der Waals surface area contributed by atoms with Crippen LogP contribution in [0.4, 0.5) is 0 Å². The van der Waals surface area contributed by atoms with Gasteiger partial charge in [0.2, 0.25) is 0 Å². The molecule has 0 radical (unpaired) electrons. The van der Waals surface area contributed by atoms with Gasteiger partial charge in [0.1, 0.15) is 36.6 Å². The molecule has 6 atom stereocenters. The molecule has 1 rings (SSSR count). The molecule has 180 valence electrons. The van der Waals surface area contributed by atoms with Gasteiger partial charge < -0.3 is 29.5 Å². The van der Waals surface area contributed by atoms with E-state index in [-0.39, 0.29) is 0 Å². The highest BCUT2D eigenvalue weighted by atomic mass is 16.6. The third kappa shape index (κ3) is 9.92. The van der Waals surface area contributed by atoms with Crippen molar-refractivity contribution in [1.29, 1.82) is 0 Å². The molecule has 0 aromatic rings. The van der Waals surface area contributed by atoms with Crippen LogP contribution in [0, 0.1) is 0 Å². The van der Waals surface area contributed by atoms with Crippen LogP contribution in [0.2, 0.25) is 0 Å². The maximum atomic E-state index is 10.6. The molecule has 6 nitrogen and oxygen atoms in total. The normalized spacial score (nSPS) is 29.4. The molecule has 0 heterocycles. The fourth-order valence-electron chi connectivity index (χ4n) is 3.99. The van der Waals surface area contributed by atoms with Gasteiger partial charge in [-0.25, -0.2) is 0 Å². The molecular weight excluding hydrogens is 384 g/mol. The lowest BCUT2D eigenvalue weighted by Crippen LogP contribution is -2.65. The second-order valence-corrected chi connectivity index (χ2v) is 8.66. The summed E-state index contributed by atoms with van der Waals surface area (Å²) in [7, 11) is 0. The van der Waals surface area contributed by atoms with Gasteiger partial charge in [-0.2, -0.15) is 0 Å². The van der Waals surface area contributed by atoms with Crippen molar-refractivity contribution >= 4 is 0 Å². The Kier molecular flexibility index (Phi) is 16.1. The molecule has 0 saturated heterocycles. The van der Waals surface area contributed by atoms with Crippen molar-refractivity contribution in [3.8, 4) is 0 Å². The summed E-state index contributed by atoms with van der Waals surface area (Å²) in [6.45, 7) is 8.03. The number of hydrogen-bond acceptors (Lipinski definition) is 6. The number of aliphatic hydroxyl groups excluding tert-OH is 3. The lowest BCUT2D eigenvalue weighted by atomic mass is 9.84. The fraction of sp³-hybridized carbons (Fsp3) is 1.00. The summed E-state index contributed by atoms with van der Waals surface area (Å²) < 4.78 is 18.1. The number of unbranched alkanes of at least 4 members (excludes halogenated alkanes) is 9. The fourth-order valence-corrected chi connectivity index (χ4v) is 3.99. The maximum Gasteiger partial charge on any atom is 0.115 e. The Morgan fingerprint density at radius 3 is 1.10 bits per heavy atom. The van der Waals surface area contributed by atoms with Crippen LogP contribution in [0.15, 0.2) is 0 Å². The van der Waals surface area contributed by atoms with Crippen LogP contribution in [0.3, 0.4) is 0 Å². The highest BCUT2D eigenvalue weighted by Crippen LogP contribution is 2.29. The SMILES string of the molecule is CCCCCCOC1[C@@H](OCCCCCC)[C@H](O)C(O)[C@@H](O)[C@H]1OCCCCCC. The summed E-state index contributed by atoms with van der Waals surface area (Å²) in [6.07, 6.45) is 7.22. The topological polar surface area (TPSA) is 88.4 Å². The molecule has 1 fully saturated rings. The zero-order chi connectivity index (χ0) is 22.2. The van der Waals surface area contributed by atoms with Gasteiger partial charge in [0, 0.05) is 19.8 Å². The summed E-state index contributed by atoms with van der Waals surface area (Å²) >= 11 is 0. The number of aliphatic hydroxyl groups is 3. The van der Waals surface area contributed by atoms with Crippen molar-refractivity contribution in [3.05, 3.63) is 0 Å². The molecule has 3 N–H and O–H groups in total. The van der Waals surface area contributed by atoms with Crippen LogP contribution >= 0.6 is 0 Å². The Balaban J connectivity index is 2.73. The summed E-state index contributed by atoms with van der Waals surface area (Å²) in [4.78, 5) is 0. The lowest BCUT2D eigenvalue weighted by molar-refractivity contribution is -0.257. The Labute approximate surface area is 184 Å². The molecular formula is C24H48O6. The van der Waals surface area contributed by atoms with E-state index in [0.717, 1.165) is 77.0 Å². The van der Waals surface area contributed by atoms with Crippen molar-refractivity contribution in [2.24, 2.45) is 0 Å². The molecule has 1 aliphatic carbocycles. The van der Waals surface area contributed by atoms with Crippen molar-refractivity contribution in [2.75, 3.05) is 19.8 Å². The van der Waals surface area contributed by atoms with E-state index in [0.29, 0.717) is 19.8 Å². The summed E-state index contributed by atoms with van der Waals surface area (Å²) in [5, 5.41) is 31.6. The minimum absolute atomic E-state index is 0.503. The second kappa shape index (κ2) is 17.3. The summed E-state index contributed by atoms with van der Waals surface area (Å²) in [5.41, 5.74) is 0. The van der Waals surface area contributed by atoms with Gasteiger partial charge >= 0.3 is 0 Å². The first kappa shape index (κ1) is 27.8. The smallest absolute Gasteiger partial charge is 0.115 e. The van der Waals surface area contributed by atoms with E-state index in [1.807, 2.05) is 0 Å². The summed E-state index contributed by atoms with van der Waals surface area (Å²) in [5.74, 6) is 0. The van der Waals surface area contributed by atoms with Crippen LogP contribution in [-0.4, -0.2) is 71.8 Å². The third-order valence-corrected chi connectivity index (χ3v) is 5.95.